The second-order valence-electron chi connectivity index (χ2n) is 7.20. The molecule has 0 saturated carbocycles. The molecule has 0 aromatic heterocycles. The summed E-state index contributed by atoms with van der Waals surface area (Å²) in [5.74, 6) is 0.709. The summed E-state index contributed by atoms with van der Waals surface area (Å²) in [6, 6.07) is 18.2. The van der Waals surface area contributed by atoms with Crippen LogP contribution in [0.5, 0.6) is 17.2 Å². The third kappa shape index (κ3) is 5.76. The summed E-state index contributed by atoms with van der Waals surface area (Å²) in [5, 5.41) is 10.5. The Bertz CT molecular complexity index is 1140. The molecule has 0 bridgehead atoms. The minimum Gasteiger partial charge on any atom is -0.507 e. The zero-order valence-corrected chi connectivity index (χ0v) is 18.1. The molecule has 162 valence electrons. The van der Waals surface area contributed by atoms with Crippen molar-refractivity contribution in [2.24, 2.45) is 0 Å². The summed E-state index contributed by atoms with van der Waals surface area (Å²) in [6.07, 6.45) is 7.98. The van der Waals surface area contributed by atoms with Gasteiger partial charge in [0.25, 0.3) is 0 Å². The number of phenols is 1. The fourth-order valence-corrected chi connectivity index (χ4v) is 3.28. The average molecular weight is 427 g/mol. The number of hydrogen-bond donors (Lipinski definition) is 1. The van der Waals surface area contributed by atoms with Gasteiger partial charge in [-0.25, -0.2) is 4.79 Å². The third-order valence-corrected chi connectivity index (χ3v) is 4.89. The Labute approximate surface area is 188 Å². The van der Waals surface area contributed by atoms with Gasteiger partial charge in [0.1, 0.15) is 17.2 Å². The predicted octanol–water partition coefficient (Wildman–Crippen LogP) is 6.14. The summed E-state index contributed by atoms with van der Waals surface area (Å²) in [4.78, 5) is 12.5. The highest BCUT2D eigenvalue weighted by Crippen LogP contribution is 2.37. The van der Waals surface area contributed by atoms with Gasteiger partial charge in [0.2, 0.25) is 0 Å². The smallest absolute Gasteiger partial charge is 0.336 e. The summed E-state index contributed by atoms with van der Waals surface area (Å²) in [7, 11) is 1.60. The first kappa shape index (κ1) is 22.6. The van der Waals surface area contributed by atoms with Crippen LogP contribution in [-0.2, 0) is 17.6 Å². The molecular weight excluding hydrogens is 400 g/mol. The van der Waals surface area contributed by atoms with E-state index in [1.54, 1.807) is 37.5 Å². The van der Waals surface area contributed by atoms with Gasteiger partial charge >= 0.3 is 5.97 Å². The molecule has 0 aliphatic heterocycles. The SMILES string of the molecule is C=CCc1ccc(O)c(-c2cc(CC=C)ccc2OC(=O)/C=C/c2ccc(OC)cc2)c1. The lowest BCUT2D eigenvalue weighted by molar-refractivity contribution is -0.128. The first-order chi connectivity index (χ1) is 15.5. The standard InChI is InChI=1S/C28H26O4/c1-4-6-21-10-15-26(29)24(18-21)25-19-22(7-5-2)11-16-27(25)32-28(30)17-12-20-8-13-23(31-3)14-9-20/h4-5,8-19,29H,1-2,6-7H2,3H3/b17-12+. The molecule has 0 saturated heterocycles. The third-order valence-electron chi connectivity index (χ3n) is 4.89. The van der Waals surface area contributed by atoms with Gasteiger partial charge in [-0.3, -0.25) is 0 Å². The number of aromatic hydroxyl groups is 1. The first-order valence-electron chi connectivity index (χ1n) is 10.2. The van der Waals surface area contributed by atoms with E-state index in [9.17, 15) is 9.90 Å². The molecule has 3 aromatic rings. The summed E-state index contributed by atoms with van der Waals surface area (Å²) < 4.78 is 10.8. The molecule has 0 atom stereocenters. The number of carbonyl (C=O) groups is 1. The van der Waals surface area contributed by atoms with Gasteiger partial charge in [-0.1, -0.05) is 36.4 Å². The van der Waals surface area contributed by atoms with Crippen LogP contribution in [0, 0.1) is 0 Å². The van der Waals surface area contributed by atoms with Gasteiger partial charge in [0.05, 0.1) is 7.11 Å². The number of phenolic OH excluding ortho intramolecular Hbond substituents is 1. The number of rotatable bonds is 9. The van der Waals surface area contributed by atoms with Crippen LogP contribution in [0.15, 0.2) is 92.0 Å². The highest BCUT2D eigenvalue weighted by Gasteiger charge is 2.14. The largest absolute Gasteiger partial charge is 0.507 e. The van der Waals surface area contributed by atoms with Crippen LogP contribution in [-0.4, -0.2) is 18.2 Å². The maximum Gasteiger partial charge on any atom is 0.336 e. The van der Waals surface area contributed by atoms with Crippen molar-refractivity contribution in [3.8, 4) is 28.4 Å². The maximum atomic E-state index is 12.5. The fourth-order valence-electron chi connectivity index (χ4n) is 3.28. The van der Waals surface area contributed by atoms with Crippen molar-refractivity contribution < 1.29 is 19.4 Å². The molecular formula is C28H26O4. The lowest BCUT2D eigenvalue weighted by atomic mass is 9.97. The zero-order chi connectivity index (χ0) is 22.9. The zero-order valence-electron chi connectivity index (χ0n) is 18.1. The predicted molar refractivity (Wildman–Crippen MR) is 129 cm³/mol. The van der Waals surface area contributed by atoms with E-state index in [1.165, 1.54) is 6.08 Å². The Morgan fingerprint density at radius 3 is 2.16 bits per heavy atom. The lowest BCUT2D eigenvalue weighted by Gasteiger charge is -2.13. The number of hydrogen-bond acceptors (Lipinski definition) is 4. The van der Waals surface area contributed by atoms with Crippen LogP contribution in [0.25, 0.3) is 17.2 Å². The number of allylic oxidation sites excluding steroid dienone is 2. The van der Waals surface area contributed by atoms with Crippen molar-refractivity contribution in [2.45, 2.75) is 12.8 Å². The lowest BCUT2D eigenvalue weighted by Crippen LogP contribution is -2.05. The van der Waals surface area contributed by atoms with Crippen molar-refractivity contribution in [1.82, 2.24) is 0 Å². The van der Waals surface area contributed by atoms with E-state index in [0.717, 1.165) is 22.4 Å². The van der Waals surface area contributed by atoms with Gasteiger partial charge in [-0.15, -0.1) is 13.2 Å². The minimum absolute atomic E-state index is 0.111. The van der Waals surface area contributed by atoms with E-state index in [-0.39, 0.29) is 5.75 Å². The minimum atomic E-state index is -0.514. The van der Waals surface area contributed by atoms with Crippen molar-refractivity contribution >= 4 is 12.0 Å². The van der Waals surface area contributed by atoms with Crippen LogP contribution in [0.1, 0.15) is 16.7 Å². The Hall–Kier alpha value is -4.05. The molecule has 4 nitrogen and oxygen atoms in total. The molecule has 0 radical (unpaired) electrons. The molecule has 3 rings (SSSR count). The van der Waals surface area contributed by atoms with Gasteiger partial charge in [0, 0.05) is 17.2 Å². The highest BCUT2D eigenvalue weighted by molar-refractivity contribution is 5.90. The molecule has 0 unspecified atom stereocenters. The second kappa shape index (κ2) is 10.8. The van der Waals surface area contributed by atoms with E-state index in [2.05, 4.69) is 13.2 Å². The van der Waals surface area contributed by atoms with Gasteiger partial charge < -0.3 is 14.6 Å². The molecule has 0 amide bonds. The number of methoxy groups -OCH3 is 1. The van der Waals surface area contributed by atoms with Crippen molar-refractivity contribution in [1.29, 1.82) is 0 Å². The molecule has 4 heteroatoms. The van der Waals surface area contributed by atoms with Crippen molar-refractivity contribution in [2.75, 3.05) is 7.11 Å². The van der Waals surface area contributed by atoms with E-state index >= 15 is 0 Å². The monoisotopic (exact) mass is 426 g/mol. The average Bonchev–Trinajstić information content (AvgIpc) is 2.81. The Morgan fingerprint density at radius 2 is 1.53 bits per heavy atom. The van der Waals surface area contributed by atoms with Crippen molar-refractivity contribution in [3.05, 3.63) is 109 Å². The number of ether oxygens (including phenoxy) is 2. The first-order valence-corrected chi connectivity index (χ1v) is 10.2. The summed E-state index contributed by atoms with van der Waals surface area (Å²) in [5.41, 5.74) is 4.07. The van der Waals surface area contributed by atoms with Gasteiger partial charge in [0.15, 0.2) is 0 Å². The van der Waals surface area contributed by atoms with Crippen LogP contribution >= 0.6 is 0 Å². The number of benzene rings is 3. The fraction of sp³-hybridized carbons (Fsp3) is 0.107. The van der Waals surface area contributed by atoms with E-state index < -0.39 is 5.97 Å². The highest BCUT2D eigenvalue weighted by atomic mass is 16.5. The number of carbonyl (C=O) groups excluding carboxylic acids is 1. The molecule has 0 aliphatic rings. The molecule has 1 N–H and O–H groups in total. The van der Waals surface area contributed by atoms with Crippen LogP contribution in [0.2, 0.25) is 0 Å². The Kier molecular flexibility index (Phi) is 7.65. The Balaban J connectivity index is 1.91. The van der Waals surface area contributed by atoms with E-state index in [0.29, 0.717) is 29.7 Å². The van der Waals surface area contributed by atoms with Gasteiger partial charge in [-0.05, 0) is 72.0 Å². The van der Waals surface area contributed by atoms with Crippen molar-refractivity contribution in [3.63, 3.8) is 0 Å². The maximum absolute atomic E-state index is 12.5. The summed E-state index contributed by atoms with van der Waals surface area (Å²) >= 11 is 0. The molecule has 0 fully saturated rings. The molecule has 32 heavy (non-hydrogen) atoms. The second-order valence-corrected chi connectivity index (χ2v) is 7.20. The van der Waals surface area contributed by atoms with E-state index in [4.69, 9.17) is 9.47 Å². The Morgan fingerprint density at radius 1 is 0.906 bits per heavy atom. The van der Waals surface area contributed by atoms with Crippen LogP contribution in [0.3, 0.4) is 0 Å². The molecule has 0 heterocycles. The summed E-state index contributed by atoms with van der Waals surface area (Å²) in [6.45, 7) is 7.56. The molecule has 0 aliphatic carbocycles. The van der Waals surface area contributed by atoms with Crippen LogP contribution in [0.4, 0.5) is 0 Å². The van der Waals surface area contributed by atoms with E-state index in [1.807, 2.05) is 48.5 Å². The van der Waals surface area contributed by atoms with Crippen LogP contribution < -0.4 is 9.47 Å². The topological polar surface area (TPSA) is 55.8 Å². The number of esters is 1. The quantitative estimate of drug-likeness (QED) is 0.193. The van der Waals surface area contributed by atoms with Gasteiger partial charge in [-0.2, -0.15) is 0 Å². The normalized spacial score (nSPS) is 10.7. The molecule has 3 aromatic carbocycles. The molecule has 0 spiro atoms.